The monoisotopic (exact) mass is 355 g/mol. The van der Waals surface area contributed by atoms with E-state index in [4.69, 9.17) is 0 Å². The zero-order valence-corrected chi connectivity index (χ0v) is 12.1. The highest BCUT2D eigenvalue weighted by Crippen LogP contribution is 2.27. The van der Waals surface area contributed by atoms with Crippen molar-refractivity contribution in [3.8, 4) is 0 Å². The van der Waals surface area contributed by atoms with Crippen LogP contribution in [0.1, 0.15) is 17.2 Å². The van der Waals surface area contributed by atoms with Crippen LogP contribution in [0.5, 0.6) is 0 Å². The Morgan fingerprint density at radius 3 is 2.65 bits per heavy atom. The quantitative estimate of drug-likeness (QED) is 0.905. The third kappa shape index (κ3) is 3.37. The van der Waals surface area contributed by atoms with Crippen molar-refractivity contribution in [2.45, 2.75) is 12.5 Å². The average molecular weight is 357 g/mol. The van der Waals surface area contributed by atoms with Crippen LogP contribution in [0, 0.1) is 0 Å². The van der Waals surface area contributed by atoms with Crippen LogP contribution in [0.2, 0.25) is 0 Å². The van der Waals surface area contributed by atoms with Crippen LogP contribution in [0.25, 0.3) is 0 Å². The van der Waals surface area contributed by atoms with Gasteiger partial charge in [-0.2, -0.15) is 0 Å². The largest absolute Gasteiger partial charge is 0.388 e. The summed E-state index contributed by atoms with van der Waals surface area (Å²) in [6.07, 6.45) is 3.56. The number of hydrogen-bond donors (Lipinski definition) is 1. The fraction of sp³-hybridized carbons (Fsp3) is 0.154. The van der Waals surface area contributed by atoms with Gasteiger partial charge in [-0.25, -0.2) is 0 Å². The first-order valence-electron chi connectivity index (χ1n) is 5.19. The topological polar surface area (TPSA) is 33.1 Å². The van der Waals surface area contributed by atoms with Gasteiger partial charge in [0.15, 0.2) is 0 Å². The number of halogens is 2. The van der Waals surface area contributed by atoms with Gasteiger partial charge >= 0.3 is 0 Å². The number of aromatic nitrogens is 1. The van der Waals surface area contributed by atoms with Crippen LogP contribution in [-0.2, 0) is 6.42 Å². The lowest BCUT2D eigenvalue weighted by molar-refractivity contribution is 0.178. The first-order chi connectivity index (χ1) is 8.16. The van der Waals surface area contributed by atoms with Crippen molar-refractivity contribution in [1.82, 2.24) is 4.98 Å². The molecule has 1 N–H and O–H groups in total. The number of benzene rings is 1. The molecule has 0 radical (unpaired) electrons. The molecule has 4 heteroatoms. The molecule has 17 heavy (non-hydrogen) atoms. The van der Waals surface area contributed by atoms with Crippen LogP contribution in [0.4, 0.5) is 0 Å². The summed E-state index contributed by atoms with van der Waals surface area (Å²) < 4.78 is 1.93. The Balaban J connectivity index is 2.14. The second-order valence-electron chi connectivity index (χ2n) is 3.75. The molecular weight excluding hydrogens is 346 g/mol. The minimum absolute atomic E-state index is 0.511. The van der Waals surface area contributed by atoms with Gasteiger partial charge in [0.25, 0.3) is 0 Å². The van der Waals surface area contributed by atoms with Gasteiger partial charge in [0, 0.05) is 27.8 Å². The van der Waals surface area contributed by atoms with Crippen molar-refractivity contribution in [3.05, 3.63) is 62.8 Å². The Kier molecular flexibility index (Phi) is 4.31. The van der Waals surface area contributed by atoms with Crippen LogP contribution < -0.4 is 0 Å². The molecule has 1 aromatic heterocycles. The summed E-state index contributed by atoms with van der Waals surface area (Å²) in [6.45, 7) is 0. The number of nitrogens with zero attached hydrogens (tertiary/aromatic N) is 1. The van der Waals surface area contributed by atoms with E-state index in [2.05, 4.69) is 36.8 Å². The number of aliphatic hydroxyl groups is 1. The lowest BCUT2D eigenvalue weighted by atomic mass is 10.0. The highest BCUT2D eigenvalue weighted by molar-refractivity contribution is 9.13. The summed E-state index contributed by atoms with van der Waals surface area (Å²) in [5.41, 5.74) is 1.92. The molecule has 0 saturated heterocycles. The molecule has 0 amide bonds. The summed E-state index contributed by atoms with van der Waals surface area (Å²) in [5.74, 6) is 0. The predicted octanol–water partition coefficient (Wildman–Crippen LogP) is 3.88. The van der Waals surface area contributed by atoms with Crippen molar-refractivity contribution in [2.75, 3.05) is 0 Å². The maximum atomic E-state index is 10.1. The summed E-state index contributed by atoms with van der Waals surface area (Å²) in [7, 11) is 0. The highest BCUT2D eigenvalue weighted by atomic mass is 79.9. The number of aliphatic hydroxyl groups excluding tert-OH is 1. The smallest absolute Gasteiger partial charge is 0.0831 e. The molecule has 0 fully saturated rings. The zero-order valence-electron chi connectivity index (χ0n) is 8.98. The Labute approximate surface area is 117 Å². The lowest BCUT2D eigenvalue weighted by Crippen LogP contribution is -2.02. The van der Waals surface area contributed by atoms with Crippen LogP contribution >= 0.6 is 31.9 Å². The van der Waals surface area contributed by atoms with Gasteiger partial charge in [0.2, 0.25) is 0 Å². The van der Waals surface area contributed by atoms with Crippen molar-refractivity contribution >= 4 is 31.9 Å². The standard InChI is InChI=1S/C13H11Br2NO/c14-11-4-3-10(7-12(11)15)13(17)6-9-2-1-5-16-8-9/h1-5,7-8,13,17H,6H2. The van der Waals surface area contributed by atoms with Crippen molar-refractivity contribution < 1.29 is 5.11 Å². The van der Waals surface area contributed by atoms with Crippen LogP contribution in [0.3, 0.4) is 0 Å². The Hall–Kier alpha value is -0.710. The van der Waals surface area contributed by atoms with E-state index in [0.29, 0.717) is 6.42 Å². The Bertz CT molecular complexity index is 502. The molecule has 0 aliphatic carbocycles. The predicted molar refractivity (Wildman–Crippen MR) is 74.7 cm³/mol. The summed E-state index contributed by atoms with van der Waals surface area (Å²) in [5, 5.41) is 10.1. The van der Waals surface area contributed by atoms with Gasteiger partial charge in [-0.3, -0.25) is 4.98 Å². The molecule has 0 saturated carbocycles. The van der Waals surface area contributed by atoms with E-state index in [-0.39, 0.29) is 0 Å². The van der Waals surface area contributed by atoms with E-state index in [9.17, 15) is 5.11 Å². The molecule has 1 atom stereocenters. The van der Waals surface area contributed by atoms with E-state index in [1.807, 2.05) is 30.3 Å². The molecule has 2 nitrogen and oxygen atoms in total. The van der Waals surface area contributed by atoms with E-state index in [0.717, 1.165) is 20.1 Å². The summed E-state index contributed by atoms with van der Waals surface area (Å²) in [4.78, 5) is 4.04. The van der Waals surface area contributed by atoms with E-state index in [1.54, 1.807) is 12.4 Å². The van der Waals surface area contributed by atoms with Gasteiger partial charge in [-0.15, -0.1) is 0 Å². The molecular formula is C13H11Br2NO. The molecule has 2 rings (SSSR count). The molecule has 88 valence electrons. The van der Waals surface area contributed by atoms with Crippen LogP contribution in [-0.4, -0.2) is 10.1 Å². The van der Waals surface area contributed by atoms with Gasteiger partial charge in [-0.05, 0) is 61.2 Å². The minimum Gasteiger partial charge on any atom is -0.388 e. The molecule has 0 aliphatic heterocycles. The molecule has 0 aliphatic rings. The van der Waals surface area contributed by atoms with Crippen molar-refractivity contribution in [1.29, 1.82) is 0 Å². The van der Waals surface area contributed by atoms with E-state index in [1.165, 1.54) is 0 Å². The first kappa shape index (κ1) is 12.7. The second kappa shape index (κ2) is 5.76. The van der Waals surface area contributed by atoms with E-state index >= 15 is 0 Å². The Morgan fingerprint density at radius 1 is 1.18 bits per heavy atom. The van der Waals surface area contributed by atoms with Gasteiger partial charge < -0.3 is 5.11 Å². The third-order valence-corrected chi connectivity index (χ3v) is 4.36. The minimum atomic E-state index is -0.511. The lowest BCUT2D eigenvalue weighted by Gasteiger charge is -2.11. The summed E-state index contributed by atoms with van der Waals surface area (Å²) >= 11 is 6.84. The average Bonchev–Trinajstić information content (AvgIpc) is 2.34. The number of rotatable bonds is 3. The van der Waals surface area contributed by atoms with Crippen molar-refractivity contribution in [3.63, 3.8) is 0 Å². The molecule has 0 bridgehead atoms. The normalized spacial score (nSPS) is 12.4. The molecule has 2 aromatic rings. The van der Waals surface area contributed by atoms with Crippen LogP contribution in [0.15, 0.2) is 51.7 Å². The third-order valence-electron chi connectivity index (χ3n) is 2.48. The maximum absolute atomic E-state index is 10.1. The summed E-state index contributed by atoms with van der Waals surface area (Å²) in [6, 6.07) is 9.59. The van der Waals surface area contributed by atoms with Gasteiger partial charge in [0.05, 0.1) is 6.10 Å². The zero-order chi connectivity index (χ0) is 12.3. The fourth-order valence-electron chi connectivity index (χ4n) is 1.58. The van der Waals surface area contributed by atoms with Crippen molar-refractivity contribution in [2.24, 2.45) is 0 Å². The molecule has 1 aromatic carbocycles. The highest BCUT2D eigenvalue weighted by Gasteiger charge is 2.10. The number of hydrogen-bond acceptors (Lipinski definition) is 2. The van der Waals surface area contributed by atoms with E-state index < -0.39 is 6.10 Å². The first-order valence-corrected chi connectivity index (χ1v) is 6.77. The number of pyridine rings is 1. The van der Waals surface area contributed by atoms with Gasteiger partial charge in [0.1, 0.15) is 0 Å². The molecule has 0 spiro atoms. The van der Waals surface area contributed by atoms with Gasteiger partial charge in [-0.1, -0.05) is 12.1 Å². The molecule has 1 heterocycles. The fourth-order valence-corrected chi connectivity index (χ4v) is 2.22. The molecule has 1 unspecified atom stereocenters. The SMILES string of the molecule is OC(Cc1cccnc1)c1ccc(Br)c(Br)c1. The Morgan fingerprint density at radius 2 is 2.00 bits per heavy atom. The maximum Gasteiger partial charge on any atom is 0.0831 e. The second-order valence-corrected chi connectivity index (χ2v) is 5.46.